The molecule has 1 aromatic heterocycles. The van der Waals surface area contributed by atoms with E-state index in [0.717, 1.165) is 37.5 Å². The fourth-order valence-corrected chi connectivity index (χ4v) is 3.82. The number of hydrogen-bond donors (Lipinski definition) is 0. The average Bonchev–Trinajstić information content (AvgIpc) is 3.11. The molecule has 8 heteroatoms. The highest BCUT2D eigenvalue weighted by Gasteiger charge is 2.24. The Balaban J connectivity index is 1.38. The van der Waals surface area contributed by atoms with Gasteiger partial charge in [0.25, 0.3) is 5.91 Å². The SMILES string of the molecule is Cc1c(CN2CCN(C(=O)c3ccccc3COc3ccc(F)cc3F)CC2)cnn1C. The van der Waals surface area contributed by atoms with Crippen molar-refractivity contribution < 1.29 is 18.3 Å². The Bertz CT molecular complexity index is 1110. The first-order chi connectivity index (χ1) is 15.4. The Morgan fingerprint density at radius 3 is 2.50 bits per heavy atom. The van der Waals surface area contributed by atoms with Gasteiger partial charge in [0.05, 0.1) is 6.20 Å². The first-order valence-electron chi connectivity index (χ1n) is 10.6. The number of nitrogens with zero attached hydrogens (tertiary/aromatic N) is 4. The number of aryl methyl sites for hydroxylation is 1. The Morgan fingerprint density at radius 1 is 1.06 bits per heavy atom. The minimum atomic E-state index is -0.770. The van der Waals surface area contributed by atoms with Gasteiger partial charge in [-0.15, -0.1) is 0 Å². The highest BCUT2D eigenvalue weighted by Crippen LogP contribution is 2.21. The molecule has 0 aliphatic carbocycles. The molecule has 0 radical (unpaired) electrons. The van der Waals surface area contributed by atoms with Gasteiger partial charge in [-0.1, -0.05) is 18.2 Å². The van der Waals surface area contributed by atoms with E-state index < -0.39 is 11.6 Å². The predicted octanol–water partition coefficient (Wildman–Crippen LogP) is 3.54. The molecule has 0 saturated carbocycles. The smallest absolute Gasteiger partial charge is 0.254 e. The highest BCUT2D eigenvalue weighted by molar-refractivity contribution is 5.95. The zero-order valence-electron chi connectivity index (χ0n) is 18.2. The molecule has 32 heavy (non-hydrogen) atoms. The summed E-state index contributed by atoms with van der Waals surface area (Å²) in [6.45, 7) is 5.69. The summed E-state index contributed by atoms with van der Waals surface area (Å²) in [6.07, 6.45) is 1.90. The molecule has 2 heterocycles. The number of benzene rings is 2. The number of piperazine rings is 1. The molecule has 3 aromatic rings. The number of carbonyl (C=O) groups is 1. The summed E-state index contributed by atoms with van der Waals surface area (Å²) in [7, 11) is 1.93. The summed E-state index contributed by atoms with van der Waals surface area (Å²) in [4.78, 5) is 17.3. The quantitative estimate of drug-likeness (QED) is 0.588. The molecule has 0 N–H and O–H groups in total. The van der Waals surface area contributed by atoms with Gasteiger partial charge in [0, 0.05) is 68.2 Å². The van der Waals surface area contributed by atoms with E-state index in [1.165, 1.54) is 11.6 Å². The van der Waals surface area contributed by atoms with Gasteiger partial charge in [0.1, 0.15) is 12.4 Å². The lowest BCUT2D eigenvalue weighted by Gasteiger charge is -2.35. The van der Waals surface area contributed by atoms with Crippen LogP contribution in [0, 0.1) is 18.6 Å². The van der Waals surface area contributed by atoms with E-state index in [0.29, 0.717) is 24.2 Å². The largest absolute Gasteiger partial charge is 0.486 e. The van der Waals surface area contributed by atoms with Crippen LogP contribution in [0.2, 0.25) is 0 Å². The molecule has 0 unspecified atom stereocenters. The third-order valence-corrected chi connectivity index (χ3v) is 5.92. The molecule has 0 spiro atoms. The van der Waals surface area contributed by atoms with E-state index in [1.54, 1.807) is 18.2 Å². The van der Waals surface area contributed by atoms with E-state index in [9.17, 15) is 13.6 Å². The van der Waals surface area contributed by atoms with Crippen LogP contribution >= 0.6 is 0 Å². The summed E-state index contributed by atoms with van der Waals surface area (Å²) >= 11 is 0. The van der Waals surface area contributed by atoms with E-state index in [1.807, 2.05) is 28.9 Å². The van der Waals surface area contributed by atoms with Crippen LogP contribution in [-0.4, -0.2) is 51.7 Å². The lowest BCUT2D eigenvalue weighted by Crippen LogP contribution is -2.48. The lowest BCUT2D eigenvalue weighted by atomic mass is 10.1. The van der Waals surface area contributed by atoms with Crippen molar-refractivity contribution >= 4 is 5.91 Å². The molecule has 2 aromatic carbocycles. The van der Waals surface area contributed by atoms with E-state index >= 15 is 0 Å². The Morgan fingerprint density at radius 2 is 1.81 bits per heavy atom. The van der Waals surface area contributed by atoms with Crippen LogP contribution in [0.1, 0.15) is 27.2 Å². The van der Waals surface area contributed by atoms with Crippen LogP contribution in [0.3, 0.4) is 0 Å². The second-order valence-electron chi connectivity index (χ2n) is 7.97. The van der Waals surface area contributed by atoms with Crippen LogP contribution in [-0.2, 0) is 20.2 Å². The van der Waals surface area contributed by atoms with Crippen LogP contribution in [0.5, 0.6) is 5.75 Å². The second-order valence-corrected chi connectivity index (χ2v) is 7.97. The molecule has 168 valence electrons. The Labute approximate surface area is 186 Å². The van der Waals surface area contributed by atoms with Crippen molar-refractivity contribution in [3.63, 3.8) is 0 Å². The molecule has 1 aliphatic rings. The molecule has 6 nitrogen and oxygen atoms in total. The standard InChI is InChI=1S/C24H26F2N4O2/c1-17-19(14-27-28(17)2)15-29-9-11-30(12-10-29)24(31)21-6-4-3-5-18(21)16-32-23-8-7-20(25)13-22(23)26/h3-8,13-14H,9-12,15-16H2,1-2H3. The number of ether oxygens (including phenoxy) is 1. The zero-order chi connectivity index (χ0) is 22.7. The zero-order valence-corrected chi connectivity index (χ0v) is 18.2. The molecular formula is C24H26F2N4O2. The molecule has 4 rings (SSSR count). The number of aromatic nitrogens is 2. The van der Waals surface area contributed by atoms with Crippen molar-refractivity contribution in [3.8, 4) is 5.75 Å². The van der Waals surface area contributed by atoms with Gasteiger partial charge in [-0.3, -0.25) is 14.4 Å². The fourth-order valence-electron chi connectivity index (χ4n) is 3.82. The molecule has 1 fully saturated rings. The van der Waals surface area contributed by atoms with Gasteiger partial charge in [-0.25, -0.2) is 8.78 Å². The second kappa shape index (κ2) is 9.48. The molecular weight excluding hydrogens is 414 g/mol. The third kappa shape index (κ3) is 4.80. The van der Waals surface area contributed by atoms with Crippen molar-refractivity contribution in [1.82, 2.24) is 19.6 Å². The van der Waals surface area contributed by atoms with Gasteiger partial charge >= 0.3 is 0 Å². The minimum absolute atomic E-state index is 0.0186. The summed E-state index contributed by atoms with van der Waals surface area (Å²) in [6, 6.07) is 10.3. The predicted molar refractivity (Wildman–Crippen MR) is 116 cm³/mol. The van der Waals surface area contributed by atoms with Crippen LogP contribution in [0.25, 0.3) is 0 Å². The van der Waals surface area contributed by atoms with E-state index in [-0.39, 0.29) is 18.3 Å². The number of hydrogen-bond acceptors (Lipinski definition) is 4. The van der Waals surface area contributed by atoms with Gasteiger partial charge in [-0.05, 0) is 25.1 Å². The van der Waals surface area contributed by atoms with Gasteiger partial charge < -0.3 is 9.64 Å². The van der Waals surface area contributed by atoms with Crippen molar-refractivity contribution in [2.75, 3.05) is 26.2 Å². The first kappa shape index (κ1) is 22.0. The number of rotatable bonds is 6. The molecule has 1 amide bonds. The van der Waals surface area contributed by atoms with Crippen LogP contribution in [0.4, 0.5) is 8.78 Å². The summed E-state index contributed by atoms with van der Waals surface area (Å²) in [5.74, 6) is -1.55. The molecule has 1 aliphatic heterocycles. The van der Waals surface area contributed by atoms with Crippen molar-refractivity contribution in [2.45, 2.75) is 20.1 Å². The topological polar surface area (TPSA) is 50.6 Å². The maximum absolute atomic E-state index is 13.9. The van der Waals surface area contributed by atoms with E-state index in [2.05, 4.69) is 16.9 Å². The van der Waals surface area contributed by atoms with Gasteiger partial charge in [-0.2, -0.15) is 5.10 Å². The maximum atomic E-state index is 13.9. The third-order valence-electron chi connectivity index (χ3n) is 5.92. The first-order valence-corrected chi connectivity index (χ1v) is 10.6. The van der Waals surface area contributed by atoms with Gasteiger partial charge in [0.15, 0.2) is 11.6 Å². The number of halogens is 2. The minimum Gasteiger partial charge on any atom is -0.486 e. The number of carbonyl (C=O) groups excluding carboxylic acids is 1. The summed E-state index contributed by atoms with van der Waals surface area (Å²) in [5.41, 5.74) is 3.54. The monoisotopic (exact) mass is 440 g/mol. The fraction of sp³-hybridized carbons (Fsp3) is 0.333. The van der Waals surface area contributed by atoms with Crippen LogP contribution < -0.4 is 4.74 Å². The van der Waals surface area contributed by atoms with E-state index in [4.69, 9.17) is 4.74 Å². The lowest BCUT2D eigenvalue weighted by molar-refractivity contribution is 0.0625. The Kier molecular flexibility index (Phi) is 6.50. The van der Waals surface area contributed by atoms with Crippen molar-refractivity contribution in [1.29, 1.82) is 0 Å². The Hall–Kier alpha value is -3.26. The van der Waals surface area contributed by atoms with Crippen molar-refractivity contribution in [3.05, 3.63) is 82.7 Å². The van der Waals surface area contributed by atoms with Crippen LogP contribution in [0.15, 0.2) is 48.7 Å². The number of amides is 1. The average molecular weight is 440 g/mol. The van der Waals surface area contributed by atoms with Crippen molar-refractivity contribution in [2.24, 2.45) is 7.05 Å². The molecule has 1 saturated heterocycles. The molecule has 0 atom stereocenters. The molecule has 0 bridgehead atoms. The normalized spacial score (nSPS) is 14.6. The van der Waals surface area contributed by atoms with Gasteiger partial charge in [0.2, 0.25) is 0 Å². The summed E-state index contributed by atoms with van der Waals surface area (Å²) in [5, 5.41) is 4.29. The highest BCUT2D eigenvalue weighted by atomic mass is 19.1. The summed E-state index contributed by atoms with van der Waals surface area (Å²) < 4.78 is 34.4. The maximum Gasteiger partial charge on any atom is 0.254 e.